The van der Waals surface area contributed by atoms with Gasteiger partial charge < -0.3 is 9.64 Å². The number of hydrogen-bond acceptors (Lipinski definition) is 4. The summed E-state index contributed by atoms with van der Waals surface area (Å²) in [5.41, 5.74) is 5.18. The molecule has 0 saturated heterocycles. The minimum Gasteiger partial charge on any atom is -0.496 e. The molecule has 1 aliphatic heterocycles. The number of benzene rings is 3. The molecule has 1 heterocycles. The van der Waals surface area contributed by atoms with Gasteiger partial charge in [0.2, 0.25) is 5.91 Å². The van der Waals surface area contributed by atoms with Gasteiger partial charge >= 0.3 is 0 Å². The number of halogens is 1. The first-order valence-corrected chi connectivity index (χ1v) is 9.69. The van der Waals surface area contributed by atoms with Crippen LogP contribution in [0.4, 0.5) is 5.69 Å². The van der Waals surface area contributed by atoms with Gasteiger partial charge in [0.15, 0.2) is 0 Å². The third-order valence-corrected chi connectivity index (χ3v) is 5.32. The number of methoxy groups -OCH3 is 1. The molecule has 0 bridgehead atoms. The summed E-state index contributed by atoms with van der Waals surface area (Å²) < 4.78 is 5.64. The number of likely N-dealkylation sites (N-methyl/N-ethyl adjacent to an activating group) is 1. The quantitative estimate of drug-likeness (QED) is 0.622. The lowest BCUT2D eigenvalue weighted by molar-refractivity contribution is -0.116. The van der Waals surface area contributed by atoms with Crippen molar-refractivity contribution in [1.29, 1.82) is 5.26 Å². The van der Waals surface area contributed by atoms with Gasteiger partial charge in [0.1, 0.15) is 12.3 Å². The maximum Gasteiger partial charge on any atom is 0.248 e. The first-order valence-electron chi connectivity index (χ1n) is 9.31. The summed E-state index contributed by atoms with van der Waals surface area (Å²) in [5.74, 6) is 0.503. The topological polar surface area (TPSA) is 65.7 Å². The molecule has 0 fully saturated rings. The Bertz CT molecular complexity index is 1230. The van der Waals surface area contributed by atoms with Gasteiger partial charge in [-0.2, -0.15) is 5.26 Å². The Hall–Kier alpha value is -3.62. The molecule has 30 heavy (non-hydrogen) atoms. The monoisotopic (exact) mass is 415 g/mol. The Balaban J connectivity index is 1.99. The van der Waals surface area contributed by atoms with Gasteiger partial charge in [-0.15, -0.1) is 0 Å². The van der Waals surface area contributed by atoms with Crippen LogP contribution in [0.15, 0.2) is 65.7 Å². The van der Waals surface area contributed by atoms with Crippen LogP contribution >= 0.6 is 11.6 Å². The predicted molar refractivity (Wildman–Crippen MR) is 119 cm³/mol. The van der Waals surface area contributed by atoms with Gasteiger partial charge in [-0.1, -0.05) is 35.9 Å². The number of carbonyl (C=O) groups excluding carboxylic acids is 1. The fourth-order valence-corrected chi connectivity index (χ4v) is 3.73. The van der Waals surface area contributed by atoms with Crippen molar-refractivity contribution in [3.63, 3.8) is 0 Å². The van der Waals surface area contributed by atoms with E-state index in [4.69, 9.17) is 16.3 Å². The number of nitriles is 1. The van der Waals surface area contributed by atoms with E-state index in [2.05, 4.69) is 11.1 Å². The van der Waals surface area contributed by atoms with Gasteiger partial charge in [0, 0.05) is 34.8 Å². The molecule has 6 heteroatoms. The average Bonchev–Trinajstić information content (AvgIpc) is 2.89. The number of nitrogens with zero attached hydrogens (tertiary/aromatic N) is 3. The normalized spacial score (nSPS) is 13.2. The third kappa shape index (κ3) is 3.54. The predicted octanol–water partition coefficient (Wildman–Crippen LogP) is 4.70. The van der Waals surface area contributed by atoms with E-state index in [0.717, 1.165) is 22.3 Å². The van der Waals surface area contributed by atoms with Gasteiger partial charge in [-0.25, -0.2) is 0 Å². The largest absolute Gasteiger partial charge is 0.496 e. The number of hydrogen-bond donors (Lipinski definition) is 0. The van der Waals surface area contributed by atoms with Crippen LogP contribution in [-0.2, 0) is 4.79 Å². The maximum atomic E-state index is 12.6. The summed E-state index contributed by atoms with van der Waals surface area (Å²) >= 11 is 6.21. The molecular formula is C24H18ClN3O2. The number of carbonyl (C=O) groups is 1. The highest BCUT2D eigenvalue weighted by Crippen LogP contribution is 2.39. The van der Waals surface area contributed by atoms with E-state index in [9.17, 15) is 10.1 Å². The number of benzodiazepines with no additional fused rings is 1. The molecular weight excluding hydrogens is 398 g/mol. The molecule has 0 aliphatic carbocycles. The SMILES string of the molecule is COc1cc2c(cc1-c1cccc(Cl)c1)C(c1cccc(C#N)c1)=NCC(=O)N2C. The number of rotatable bonds is 3. The van der Waals surface area contributed by atoms with Crippen molar-refractivity contribution in [2.24, 2.45) is 4.99 Å². The van der Waals surface area contributed by atoms with Crippen LogP contribution in [0.2, 0.25) is 5.02 Å². The van der Waals surface area contributed by atoms with Gasteiger partial charge in [-0.3, -0.25) is 9.79 Å². The molecule has 3 aromatic carbocycles. The zero-order valence-corrected chi connectivity index (χ0v) is 17.3. The Labute approximate surface area is 179 Å². The summed E-state index contributed by atoms with van der Waals surface area (Å²) in [6, 6.07) is 20.7. The van der Waals surface area contributed by atoms with Crippen LogP contribution in [0.3, 0.4) is 0 Å². The minimum atomic E-state index is -0.125. The second-order valence-electron chi connectivity index (χ2n) is 6.89. The molecule has 0 spiro atoms. The summed E-state index contributed by atoms with van der Waals surface area (Å²) in [4.78, 5) is 18.8. The Morgan fingerprint density at radius 2 is 1.83 bits per heavy atom. The smallest absolute Gasteiger partial charge is 0.248 e. The van der Waals surface area contributed by atoms with Crippen molar-refractivity contribution in [3.8, 4) is 22.9 Å². The second-order valence-corrected chi connectivity index (χ2v) is 7.33. The van der Waals surface area contributed by atoms with E-state index in [0.29, 0.717) is 27.7 Å². The van der Waals surface area contributed by atoms with Crippen molar-refractivity contribution in [2.75, 3.05) is 25.6 Å². The lowest BCUT2D eigenvalue weighted by Crippen LogP contribution is -2.27. The zero-order valence-electron chi connectivity index (χ0n) is 16.5. The number of ether oxygens (including phenoxy) is 1. The molecule has 0 N–H and O–H groups in total. The van der Waals surface area contributed by atoms with Crippen LogP contribution in [-0.4, -0.2) is 32.3 Å². The average molecular weight is 416 g/mol. The maximum absolute atomic E-state index is 12.6. The first kappa shape index (κ1) is 19.7. The van der Waals surface area contributed by atoms with E-state index in [-0.39, 0.29) is 12.5 Å². The van der Waals surface area contributed by atoms with Crippen LogP contribution in [0.5, 0.6) is 5.75 Å². The molecule has 3 aromatic rings. The summed E-state index contributed by atoms with van der Waals surface area (Å²) in [5, 5.41) is 9.92. The number of anilines is 1. The van der Waals surface area contributed by atoms with Gasteiger partial charge in [-0.05, 0) is 35.9 Å². The molecule has 4 rings (SSSR count). The second kappa shape index (κ2) is 8.02. The first-order chi connectivity index (χ1) is 14.5. The molecule has 0 unspecified atom stereocenters. The molecule has 5 nitrogen and oxygen atoms in total. The summed E-state index contributed by atoms with van der Waals surface area (Å²) in [6.45, 7) is 0.0199. The highest BCUT2D eigenvalue weighted by molar-refractivity contribution is 6.31. The van der Waals surface area contributed by atoms with Crippen molar-refractivity contribution >= 4 is 28.9 Å². The molecule has 1 aliphatic rings. The number of amides is 1. The van der Waals surface area contributed by atoms with Crippen molar-refractivity contribution in [3.05, 3.63) is 82.4 Å². The minimum absolute atomic E-state index is 0.0199. The number of aliphatic imine (C=N–C) groups is 1. The molecule has 0 radical (unpaired) electrons. The lowest BCUT2D eigenvalue weighted by Gasteiger charge is -2.21. The van der Waals surface area contributed by atoms with Crippen molar-refractivity contribution in [2.45, 2.75) is 0 Å². The lowest BCUT2D eigenvalue weighted by atomic mass is 9.94. The summed E-state index contributed by atoms with van der Waals surface area (Å²) in [6.07, 6.45) is 0. The van der Waals surface area contributed by atoms with Crippen molar-refractivity contribution in [1.82, 2.24) is 0 Å². The van der Waals surface area contributed by atoms with E-state index in [1.54, 1.807) is 31.2 Å². The highest BCUT2D eigenvalue weighted by Gasteiger charge is 2.25. The fraction of sp³-hybridized carbons (Fsp3) is 0.125. The van der Waals surface area contributed by atoms with Crippen LogP contribution in [0, 0.1) is 11.3 Å². The zero-order chi connectivity index (χ0) is 21.3. The number of fused-ring (bicyclic) bond motifs is 1. The molecule has 0 aromatic heterocycles. The Morgan fingerprint density at radius 1 is 1.07 bits per heavy atom. The van der Waals surface area contributed by atoms with Crippen LogP contribution in [0.1, 0.15) is 16.7 Å². The van der Waals surface area contributed by atoms with Gasteiger partial charge in [0.05, 0.1) is 30.1 Å². The Morgan fingerprint density at radius 3 is 2.57 bits per heavy atom. The molecule has 0 atom stereocenters. The molecule has 148 valence electrons. The highest BCUT2D eigenvalue weighted by atomic mass is 35.5. The fourth-order valence-electron chi connectivity index (χ4n) is 3.54. The van der Waals surface area contributed by atoms with E-state index < -0.39 is 0 Å². The molecule has 0 saturated carbocycles. The Kier molecular flexibility index (Phi) is 5.26. The van der Waals surface area contributed by atoms with Crippen LogP contribution < -0.4 is 9.64 Å². The standard InChI is InChI=1S/C24H18ClN3O2/c1-28-21-12-22(30-2)19(16-6-4-8-18(25)10-16)11-20(21)24(27-14-23(28)29)17-7-3-5-15(9-17)13-26/h3-12H,14H2,1-2H3. The van der Waals surface area contributed by atoms with Crippen molar-refractivity contribution < 1.29 is 9.53 Å². The third-order valence-electron chi connectivity index (χ3n) is 5.08. The van der Waals surface area contributed by atoms with Gasteiger partial charge in [0.25, 0.3) is 0 Å². The van der Waals surface area contributed by atoms with E-state index >= 15 is 0 Å². The van der Waals surface area contributed by atoms with E-state index in [1.807, 2.05) is 48.5 Å². The van der Waals surface area contributed by atoms with Crippen LogP contribution in [0.25, 0.3) is 11.1 Å². The van der Waals surface area contributed by atoms with E-state index in [1.165, 1.54) is 0 Å². The summed E-state index contributed by atoms with van der Waals surface area (Å²) in [7, 11) is 3.32. The molecule has 1 amide bonds.